The van der Waals surface area contributed by atoms with E-state index in [1.807, 2.05) is 6.92 Å². The van der Waals surface area contributed by atoms with Crippen LogP contribution in [0.25, 0.3) is 0 Å². The molecule has 4 N–H and O–H groups in total. The number of hydrogen-bond donors (Lipinski definition) is 3. The molecule has 1 atom stereocenters. The highest BCUT2D eigenvalue weighted by Gasteiger charge is 2.14. The SMILES string of the molecule is CCCCC(N)C(=O)Nc1ccc(C(=O)O)c(C)c1. The Bertz CT molecular complexity index is 472. The number of anilines is 1. The van der Waals surface area contributed by atoms with E-state index in [0.717, 1.165) is 12.8 Å². The van der Waals surface area contributed by atoms with Crippen LogP contribution in [0.1, 0.15) is 42.1 Å². The molecule has 0 bridgehead atoms. The van der Waals surface area contributed by atoms with Gasteiger partial charge in [0.05, 0.1) is 11.6 Å². The lowest BCUT2D eigenvalue weighted by molar-refractivity contribution is -0.117. The third-order valence-electron chi connectivity index (χ3n) is 2.93. The van der Waals surface area contributed by atoms with Gasteiger partial charge in [0.2, 0.25) is 5.91 Å². The van der Waals surface area contributed by atoms with Crippen LogP contribution in [0.4, 0.5) is 5.69 Å². The highest BCUT2D eigenvalue weighted by atomic mass is 16.4. The highest BCUT2D eigenvalue weighted by molar-refractivity contribution is 5.96. The van der Waals surface area contributed by atoms with E-state index < -0.39 is 12.0 Å². The number of nitrogens with one attached hydrogen (secondary N) is 1. The summed E-state index contributed by atoms with van der Waals surface area (Å²) in [6.07, 6.45) is 2.55. The van der Waals surface area contributed by atoms with E-state index in [2.05, 4.69) is 5.32 Å². The van der Waals surface area contributed by atoms with Gasteiger partial charge < -0.3 is 16.2 Å². The van der Waals surface area contributed by atoms with Crippen molar-refractivity contribution >= 4 is 17.6 Å². The number of carbonyl (C=O) groups is 2. The Kier molecular flexibility index (Phi) is 5.51. The van der Waals surface area contributed by atoms with Crippen LogP contribution < -0.4 is 11.1 Å². The van der Waals surface area contributed by atoms with Crippen LogP contribution >= 0.6 is 0 Å². The maximum absolute atomic E-state index is 11.8. The van der Waals surface area contributed by atoms with Crippen LogP contribution in [-0.4, -0.2) is 23.0 Å². The minimum atomic E-state index is -0.977. The van der Waals surface area contributed by atoms with Crippen LogP contribution in [0.15, 0.2) is 18.2 Å². The number of benzene rings is 1. The van der Waals surface area contributed by atoms with Crippen LogP contribution in [-0.2, 0) is 4.79 Å². The third kappa shape index (κ3) is 4.37. The molecule has 19 heavy (non-hydrogen) atoms. The van der Waals surface area contributed by atoms with Gasteiger partial charge in [-0.25, -0.2) is 4.79 Å². The summed E-state index contributed by atoms with van der Waals surface area (Å²) in [4.78, 5) is 22.7. The first-order valence-electron chi connectivity index (χ1n) is 6.36. The number of rotatable bonds is 6. The number of carboxylic acid groups (broad SMARTS) is 1. The van der Waals surface area contributed by atoms with E-state index >= 15 is 0 Å². The number of hydrogen-bond acceptors (Lipinski definition) is 3. The van der Waals surface area contributed by atoms with Crippen molar-refractivity contribution in [3.8, 4) is 0 Å². The first-order chi connectivity index (χ1) is 8.95. The molecule has 0 radical (unpaired) electrons. The van der Waals surface area contributed by atoms with Crippen LogP contribution in [0, 0.1) is 6.92 Å². The number of unbranched alkanes of at least 4 members (excludes halogenated alkanes) is 1. The van der Waals surface area contributed by atoms with Gasteiger partial charge in [0.1, 0.15) is 0 Å². The summed E-state index contributed by atoms with van der Waals surface area (Å²) in [7, 11) is 0. The van der Waals surface area contributed by atoms with Crippen molar-refractivity contribution < 1.29 is 14.7 Å². The van der Waals surface area contributed by atoms with E-state index in [0.29, 0.717) is 17.7 Å². The molecule has 5 heteroatoms. The molecule has 1 unspecified atom stereocenters. The lowest BCUT2D eigenvalue weighted by Crippen LogP contribution is -2.35. The molecule has 0 fully saturated rings. The summed E-state index contributed by atoms with van der Waals surface area (Å²) in [5.41, 5.74) is 7.16. The van der Waals surface area contributed by atoms with Gasteiger partial charge in [-0.3, -0.25) is 4.79 Å². The molecule has 0 saturated heterocycles. The van der Waals surface area contributed by atoms with Gasteiger partial charge in [0, 0.05) is 5.69 Å². The fourth-order valence-electron chi connectivity index (χ4n) is 1.77. The largest absolute Gasteiger partial charge is 0.478 e. The molecule has 0 aliphatic carbocycles. The highest BCUT2D eigenvalue weighted by Crippen LogP contribution is 2.15. The number of amides is 1. The maximum Gasteiger partial charge on any atom is 0.335 e. The molecule has 104 valence electrons. The monoisotopic (exact) mass is 264 g/mol. The molecule has 0 aromatic heterocycles. The zero-order chi connectivity index (χ0) is 14.4. The van der Waals surface area contributed by atoms with Crippen molar-refractivity contribution in [1.29, 1.82) is 0 Å². The number of aromatic carboxylic acids is 1. The Morgan fingerprint density at radius 3 is 2.63 bits per heavy atom. The second-order valence-electron chi connectivity index (χ2n) is 4.57. The van der Waals surface area contributed by atoms with E-state index in [4.69, 9.17) is 10.8 Å². The van der Waals surface area contributed by atoms with E-state index in [-0.39, 0.29) is 11.5 Å². The molecule has 1 rings (SSSR count). The predicted molar refractivity (Wildman–Crippen MR) is 74.3 cm³/mol. The van der Waals surface area contributed by atoms with Gasteiger partial charge in [-0.05, 0) is 37.1 Å². The summed E-state index contributed by atoms with van der Waals surface area (Å²) in [5.74, 6) is -1.22. The number of carboxylic acids is 1. The standard InChI is InChI=1S/C14H20N2O3/c1-3-4-5-12(15)13(17)16-10-6-7-11(14(18)19)9(2)8-10/h6-8,12H,3-5,15H2,1-2H3,(H,16,17)(H,18,19). The van der Waals surface area contributed by atoms with E-state index in [1.165, 1.54) is 6.07 Å². The van der Waals surface area contributed by atoms with Gasteiger partial charge in [-0.1, -0.05) is 19.8 Å². The number of aryl methyl sites for hydroxylation is 1. The average Bonchev–Trinajstić information content (AvgIpc) is 2.35. The topological polar surface area (TPSA) is 92.4 Å². The van der Waals surface area contributed by atoms with Crippen LogP contribution in [0.5, 0.6) is 0 Å². The van der Waals surface area contributed by atoms with Crippen molar-refractivity contribution in [2.45, 2.75) is 39.2 Å². The van der Waals surface area contributed by atoms with Gasteiger partial charge in [0.25, 0.3) is 0 Å². The summed E-state index contributed by atoms with van der Waals surface area (Å²) in [6.45, 7) is 3.73. The summed E-state index contributed by atoms with van der Waals surface area (Å²) >= 11 is 0. The lowest BCUT2D eigenvalue weighted by Gasteiger charge is -2.12. The number of carbonyl (C=O) groups excluding carboxylic acids is 1. The molecule has 0 aliphatic rings. The van der Waals surface area contributed by atoms with Crippen molar-refractivity contribution in [3.63, 3.8) is 0 Å². The third-order valence-corrected chi connectivity index (χ3v) is 2.93. The van der Waals surface area contributed by atoms with E-state index in [9.17, 15) is 9.59 Å². The normalized spacial score (nSPS) is 11.9. The maximum atomic E-state index is 11.8. The summed E-state index contributed by atoms with van der Waals surface area (Å²) < 4.78 is 0. The van der Waals surface area contributed by atoms with Crippen LogP contribution in [0.2, 0.25) is 0 Å². The van der Waals surface area contributed by atoms with Crippen LogP contribution in [0.3, 0.4) is 0 Å². The van der Waals surface area contributed by atoms with Crippen molar-refractivity contribution in [2.75, 3.05) is 5.32 Å². The van der Waals surface area contributed by atoms with Gasteiger partial charge in [-0.2, -0.15) is 0 Å². The van der Waals surface area contributed by atoms with Crippen molar-refractivity contribution in [3.05, 3.63) is 29.3 Å². The minimum absolute atomic E-state index is 0.230. The Morgan fingerprint density at radius 1 is 1.42 bits per heavy atom. The molecule has 5 nitrogen and oxygen atoms in total. The molecule has 1 aromatic rings. The Labute approximate surface area is 112 Å². The first kappa shape index (κ1) is 15.2. The minimum Gasteiger partial charge on any atom is -0.478 e. The Hall–Kier alpha value is -1.88. The second kappa shape index (κ2) is 6.89. The smallest absolute Gasteiger partial charge is 0.335 e. The van der Waals surface area contributed by atoms with E-state index in [1.54, 1.807) is 19.1 Å². The molecule has 1 amide bonds. The Morgan fingerprint density at radius 2 is 2.11 bits per heavy atom. The van der Waals surface area contributed by atoms with Crippen molar-refractivity contribution in [2.24, 2.45) is 5.73 Å². The fraction of sp³-hybridized carbons (Fsp3) is 0.429. The van der Waals surface area contributed by atoms with Gasteiger partial charge in [0.15, 0.2) is 0 Å². The quantitative estimate of drug-likeness (QED) is 0.734. The second-order valence-corrected chi connectivity index (χ2v) is 4.57. The molecule has 0 spiro atoms. The molecule has 0 aliphatic heterocycles. The lowest BCUT2D eigenvalue weighted by atomic mass is 10.1. The Balaban J connectivity index is 2.70. The zero-order valence-corrected chi connectivity index (χ0v) is 11.3. The average molecular weight is 264 g/mol. The molecule has 1 aromatic carbocycles. The zero-order valence-electron chi connectivity index (χ0n) is 11.3. The summed E-state index contributed by atoms with van der Waals surface area (Å²) in [5, 5.41) is 11.6. The van der Waals surface area contributed by atoms with Gasteiger partial charge >= 0.3 is 5.97 Å². The van der Waals surface area contributed by atoms with Crippen molar-refractivity contribution in [1.82, 2.24) is 0 Å². The molecule has 0 saturated carbocycles. The fourth-order valence-corrected chi connectivity index (χ4v) is 1.77. The molecule has 0 heterocycles. The van der Waals surface area contributed by atoms with Gasteiger partial charge in [-0.15, -0.1) is 0 Å². The first-order valence-corrected chi connectivity index (χ1v) is 6.36. The summed E-state index contributed by atoms with van der Waals surface area (Å²) in [6, 6.07) is 4.15. The molecular weight excluding hydrogens is 244 g/mol. The predicted octanol–water partition coefficient (Wildman–Crippen LogP) is 2.15. The number of nitrogens with two attached hydrogens (primary N) is 1. The molecular formula is C14H20N2O3.